The summed E-state index contributed by atoms with van der Waals surface area (Å²) in [7, 11) is 6.56. The molecule has 0 bridgehead atoms. The van der Waals surface area contributed by atoms with Crippen molar-refractivity contribution in [3.05, 3.63) is 35.9 Å². The molecule has 1 heterocycles. The summed E-state index contributed by atoms with van der Waals surface area (Å²) in [4.78, 5) is 4.30. The van der Waals surface area contributed by atoms with E-state index in [1.54, 1.807) is 28.4 Å². The highest BCUT2D eigenvalue weighted by Gasteiger charge is 2.16. The molecule has 0 unspecified atom stereocenters. The number of rotatable bonds is 7. The zero-order valence-corrected chi connectivity index (χ0v) is 17.9. The fraction of sp³-hybridized carbons (Fsp3) is 0.409. The van der Waals surface area contributed by atoms with Crippen molar-refractivity contribution in [3.63, 3.8) is 0 Å². The first-order valence-electron chi connectivity index (χ1n) is 9.85. The fourth-order valence-electron chi connectivity index (χ4n) is 3.23. The molecule has 8 heteroatoms. The molecule has 0 amide bonds. The van der Waals surface area contributed by atoms with Crippen molar-refractivity contribution in [1.29, 1.82) is 0 Å². The number of nitrogens with zero attached hydrogens (tertiary/aromatic N) is 1. The Morgan fingerprint density at radius 2 is 1.73 bits per heavy atom. The molecule has 0 spiro atoms. The molecule has 30 heavy (non-hydrogen) atoms. The van der Waals surface area contributed by atoms with E-state index in [4.69, 9.17) is 23.7 Å². The van der Waals surface area contributed by atoms with Crippen molar-refractivity contribution >= 4 is 11.6 Å². The molecule has 2 N–H and O–H groups in total. The smallest absolute Gasteiger partial charge is 0.203 e. The largest absolute Gasteiger partial charge is 0.493 e. The summed E-state index contributed by atoms with van der Waals surface area (Å²) < 4.78 is 27.8. The van der Waals surface area contributed by atoms with Gasteiger partial charge in [-0.25, -0.2) is 0 Å². The van der Waals surface area contributed by atoms with Gasteiger partial charge in [0.15, 0.2) is 29.0 Å². The van der Waals surface area contributed by atoms with Crippen LogP contribution in [0.1, 0.15) is 12.0 Å². The predicted molar refractivity (Wildman–Crippen MR) is 117 cm³/mol. The van der Waals surface area contributed by atoms with E-state index in [1.807, 2.05) is 30.3 Å². The van der Waals surface area contributed by atoms with Crippen LogP contribution in [0.25, 0.3) is 0 Å². The van der Waals surface area contributed by atoms with Gasteiger partial charge >= 0.3 is 0 Å². The van der Waals surface area contributed by atoms with Gasteiger partial charge in [0.05, 0.1) is 34.5 Å². The Morgan fingerprint density at radius 1 is 0.967 bits per heavy atom. The lowest BCUT2D eigenvalue weighted by atomic mass is 10.1. The van der Waals surface area contributed by atoms with Crippen LogP contribution in [-0.4, -0.2) is 54.1 Å². The Hall–Kier alpha value is -3.29. The lowest BCUT2D eigenvalue weighted by Gasteiger charge is -2.17. The monoisotopic (exact) mass is 415 g/mol. The van der Waals surface area contributed by atoms with Gasteiger partial charge in [0.1, 0.15) is 0 Å². The minimum Gasteiger partial charge on any atom is -0.493 e. The zero-order valence-electron chi connectivity index (χ0n) is 17.9. The van der Waals surface area contributed by atoms with E-state index in [2.05, 4.69) is 15.6 Å². The van der Waals surface area contributed by atoms with Crippen molar-refractivity contribution in [3.8, 4) is 28.7 Å². The minimum absolute atomic E-state index is 0.590. The van der Waals surface area contributed by atoms with Gasteiger partial charge in [-0.05, 0) is 24.6 Å². The number of ether oxygens (including phenoxy) is 5. The van der Waals surface area contributed by atoms with Crippen LogP contribution in [0, 0.1) is 0 Å². The maximum absolute atomic E-state index is 5.75. The quantitative estimate of drug-likeness (QED) is 0.531. The molecule has 162 valence electrons. The van der Waals surface area contributed by atoms with E-state index in [1.165, 1.54) is 0 Å². The number of nitrogens with one attached hydrogen (secondary N) is 2. The molecule has 0 radical (unpaired) electrons. The van der Waals surface area contributed by atoms with Crippen molar-refractivity contribution in [2.24, 2.45) is 4.99 Å². The SMILES string of the molecule is CN=C(NCCc1ccc(OC)c(OC)c1OC)Nc1ccc2c(c1)OCCCO2. The standard InChI is InChI=1S/C22H29N3O5/c1-23-22(25-16-7-9-17-19(14-16)30-13-5-12-29-17)24-11-10-15-6-8-18(26-2)21(28-4)20(15)27-3/h6-9,14H,5,10-13H2,1-4H3,(H2,23,24,25). The molecule has 1 aliphatic rings. The van der Waals surface area contributed by atoms with Crippen molar-refractivity contribution in [2.45, 2.75) is 12.8 Å². The Labute approximate surface area is 177 Å². The van der Waals surface area contributed by atoms with E-state index >= 15 is 0 Å². The molecule has 2 aromatic rings. The van der Waals surface area contributed by atoms with Crippen LogP contribution in [0.15, 0.2) is 35.3 Å². The van der Waals surface area contributed by atoms with Crippen LogP contribution in [0.5, 0.6) is 28.7 Å². The number of hydrogen-bond acceptors (Lipinski definition) is 6. The van der Waals surface area contributed by atoms with Crippen LogP contribution in [0.3, 0.4) is 0 Å². The summed E-state index contributed by atoms with van der Waals surface area (Å²) in [6, 6.07) is 9.62. The third-order valence-electron chi connectivity index (χ3n) is 4.71. The van der Waals surface area contributed by atoms with Crippen LogP contribution >= 0.6 is 0 Å². The van der Waals surface area contributed by atoms with Gasteiger partial charge in [0.25, 0.3) is 0 Å². The molecule has 0 fully saturated rings. The van der Waals surface area contributed by atoms with Crippen molar-refractivity contribution in [1.82, 2.24) is 5.32 Å². The Morgan fingerprint density at radius 3 is 2.43 bits per heavy atom. The molecule has 8 nitrogen and oxygen atoms in total. The number of anilines is 1. The molecular formula is C22H29N3O5. The average molecular weight is 415 g/mol. The highest BCUT2D eigenvalue weighted by atomic mass is 16.5. The van der Waals surface area contributed by atoms with Crippen LogP contribution < -0.4 is 34.3 Å². The number of benzene rings is 2. The van der Waals surface area contributed by atoms with Gasteiger partial charge in [-0.3, -0.25) is 4.99 Å². The molecule has 0 saturated heterocycles. The van der Waals surface area contributed by atoms with Gasteiger partial charge < -0.3 is 34.3 Å². The normalized spacial score (nSPS) is 13.3. The summed E-state index contributed by atoms with van der Waals surface area (Å²) in [5.41, 5.74) is 1.88. The lowest BCUT2D eigenvalue weighted by molar-refractivity contribution is 0.297. The molecule has 0 atom stereocenters. The first kappa shape index (κ1) is 21.4. The van der Waals surface area contributed by atoms with E-state index < -0.39 is 0 Å². The average Bonchev–Trinajstić information content (AvgIpc) is 3.02. The first-order valence-corrected chi connectivity index (χ1v) is 9.85. The number of aliphatic imine (C=N–C) groups is 1. The van der Waals surface area contributed by atoms with Crippen LogP contribution in [0.4, 0.5) is 5.69 Å². The third kappa shape index (κ3) is 5.00. The Balaban J connectivity index is 1.62. The van der Waals surface area contributed by atoms with E-state index in [0.717, 1.165) is 29.2 Å². The van der Waals surface area contributed by atoms with Crippen LogP contribution in [-0.2, 0) is 6.42 Å². The van der Waals surface area contributed by atoms with Crippen LogP contribution in [0.2, 0.25) is 0 Å². The molecular weight excluding hydrogens is 386 g/mol. The predicted octanol–water partition coefficient (Wildman–Crippen LogP) is 3.10. The van der Waals surface area contributed by atoms with Gasteiger partial charge in [-0.15, -0.1) is 0 Å². The molecule has 0 aromatic heterocycles. The maximum Gasteiger partial charge on any atom is 0.203 e. The van der Waals surface area contributed by atoms with E-state index in [9.17, 15) is 0 Å². The number of fused-ring (bicyclic) bond motifs is 1. The molecule has 2 aromatic carbocycles. The lowest BCUT2D eigenvalue weighted by Crippen LogP contribution is -2.32. The topological polar surface area (TPSA) is 82.6 Å². The highest BCUT2D eigenvalue weighted by molar-refractivity contribution is 5.93. The summed E-state index contributed by atoms with van der Waals surface area (Å²) in [5, 5.41) is 6.60. The second-order valence-electron chi connectivity index (χ2n) is 6.58. The van der Waals surface area contributed by atoms with Crippen molar-refractivity contribution in [2.75, 3.05) is 53.5 Å². The van der Waals surface area contributed by atoms with Gasteiger partial charge in [-0.2, -0.15) is 0 Å². The minimum atomic E-state index is 0.590. The van der Waals surface area contributed by atoms with Gasteiger partial charge in [-0.1, -0.05) is 6.07 Å². The second kappa shape index (κ2) is 10.5. The Kier molecular flexibility index (Phi) is 7.48. The summed E-state index contributed by atoms with van der Waals surface area (Å²) >= 11 is 0. The molecule has 3 rings (SSSR count). The Bertz CT molecular complexity index is 885. The van der Waals surface area contributed by atoms with Gasteiger partial charge in [0.2, 0.25) is 5.75 Å². The fourth-order valence-corrected chi connectivity index (χ4v) is 3.23. The second-order valence-corrected chi connectivity index (χ2v) is 6.58. The van der Waals surface area contributed by atoms with Gasteiger partial charge in [0, 0.05) is 37.3 Å². The number of guanidine groups is 1. The van der Waals surface area contributed by atoms with E-state index in [0.29, 0.717) is 49.4 Å². The van der Waals surface area contributed by atoms with E-state index in [-0.39, 0.29) is 0 Å². The summed E-state index contributed by atoms with van der Waals surface area (Å²) in [6.45, 7) is 1.97. The third-order valence-corrected chi connectivity index (χ3v) is 4.71. The maximum atomic E-state index is 5.75. The highest BCUT2D eigenvalue weighted by Crippen LogP contribution is 2.39. The first-order chi connectivity index (χ1) is 14.7. The zero-order chi connectivity index (χ0) is 21.3. The molecule has 0 aliphatic carbocycles. The molecule has 1 aliphatic heterocycles. The summed E-state index contributed by atoms with van der Waals surface area (Å²) in [5.74, 6) is 4.06. The number of hydrogen-bond donors (Lipinski definition) is 2. The molecule has 0 saturated carbocycles. The van der Waals surface area contributed by atoms with Crippen molar-refractivity contribution < 1.29 is 23.7 Å². The summed E-state index contributed by atoms with van der Waals surface area (Å²) in [6.07, 6.45) is 1.59. The number of methoxy groups -OCH3 is 3.